The van der Waals surface area contributed by atoms with Gasteiger partial charge in [-0.1, -0.05) is 17.7 Å². The normalized spacial score (nSPS) is 10.3. The number of nitrogens with two attached hydrogens (primary N) is 2. The van der Waals surface area contributed by atoms with Crippen molar-refractivity contribution < 1.29 is 4.74 Å². The first-order valence-electron chi connectivity index (χ1n) is 4.50. The van der Waals surface area contributed by atoms with Crippen molar-refractivity contribution in [3.8, 4) is 5.75 Å². The number of hydrogen-bond donors (Lipinski definition) is 2. The smallest absolute Gasteiger partial charge is 0.240 e. The standard InChI is InChI=1S/C9H10ClN5O/c10-6-2-1-3-7(4-6)16-5-8-13-14-9(11)15(8)12/h1-4H,5,12H2,(H2,11,14). The molecule has 0 atom stereocenters. The molecule has 0 radical (unpaired) electrons. The summed E-state index contributed by atoms with van der Waals surface area (Å²) >= 11 is 5.80. The minimum atomic E-state index is 0.143. The van der Waals surface area contributed by atoms with E-state index in [2.05, 4.69) is 10.2 Å². The van der Waals surface area contributed by atoms with Gasteiger partial charge in [-0.15, -0.1) is 10.2 Å². The van der Waals surface area contributed by atoms with Crippen molar-refractivity contribution >= 4 is 17.5 Å². The third-order valence-corrected chi connectivity index (χ3v) is 2.19. The average molecular weight is 240 g/mol. The van der Waals surface area contributed by atoms with Gasteiger partial charge in [0.1, 0.15) is 12.4 Å². The monoisotopic (exact) mass is 239 g/mol. The van der Waals surface area contributed by atoms with E-state index in [9.17, 15) is 0 Å². The summed E-state index contributed by atoms with van der Waals surface area (Å²) in [6.45, 7) is 0.182. The molecule has 0 aliphatic heterocycles. The maximum absolute atomic E-state index is 5.80. The minimum absolute atomic E-state index is 0.143. The predicted molar refractivity (Wildman–Crippen MR) is 60.4 cm³/mol. The largest absolute Gasteiger partial charge is 0.485 e. The van der Waals surface area contributed by atoms with E-state index in [4.69, 9.17) is 27.9 Å². The molecule has 0 aliphatic carbocycles. The van der Waals surface area contributed by atoms with Crippen LogP contribution in [0.2, 0.25) is 5.02 Å². The lowest BCUT2D eigenvalue weighted by molar-refractivity contribution is 0.292. The van der Waals surface area contributed by atoms with Crippen LogP contribution in [0.25, 0.3) is 0 Å². The number of benzene rings is 1. The number of nitrogen functional groups attached to an aromatic ring is 2. The fourth-order valence-corrected chi connectivity index (χ4v) is 1.32. The number of ether oxygens (including phenoxy) is 1. The summed E-state index contributed by atoms with van der Waals surface area (Å²) in [5.74, 6) is 6.78. The van der Waals surface area contributed by atoms with Crippen molar-refractivity contribution in [1.29, 1.82) is 0 Å². The first-order chi connectivity index (χ1) is 7.66. The third-order valence-electron chi connectivity index (χ3n) is 1.96. The van der Waals surface area contributed by atoms with E-state index >= 15 is 0 Å². The van der Waals surface area contributed by atoms with Crippen molar-refractivity contribution in [1.82, 2.24) is 14.9 Å². The molecule has 7 heteroatoms. The van der Waals surface area contributed by atoms with Crippen LogP contribution in [0, 0.1) is 0 Å². The highest BCUT2D eigenvalue weighted by Crippen LogP contribution is 2.17. The predicted octanol–water partition coefficient (Wildman–Crippen LogP) is 0.806. The first-order valence-corrected chi connectivity index (χ1v) is 4.88. The summed E-state index contributed by atoms with van der Waals surface area (Å²) in [6.07, 6.45) is 0. The summed E-state index contributed by atoms with van der Waals surface area (Å²) in [5, 5.41) is 7.97. The number of anilines is 1. The third kappa shape index (κ3) is 2.17. The van der Waals surface area contributed by atoms with E-state index in [1.807, 2.05) is 0 Å². The summed E-state index contributed by atoms with van der Waals surface area (Å²) in [5.41, 5.74) is 5.42. The Morgan fingerprint density at radius 1 is 1.38 bits per heavy atom. The second-order valence-electron chi connectivity index (χ2n) is 3.09. The molecule has 0 fully saturated rings. The van der Waals surface area contributed by atoms with Gasteiger partial charge in [0.05, 0.1) is 0 Å². The van der Waals surface area contributed by atoms with Crippen LogP contribution >= 0.6 is 11.6 Å². The Hall–Kier alpha value is -1.95. The van der Waals surface area contributed by atoms with E-state index in [1.165, 1.54) is 4.68 Å². The fraction of sp³-hybridized carbons (Fsp3) is 0.111. The van der Waals surface area contributed by atoms with Crippen LogP contribution in [0.15, 0.2) is 24.3 Å². The van der Waals surface area contributed by atoms with Gasteiger partial charge in [-0.2, -0.15) is 0 Å². The zero-order valence-corrected chi connectivity index (χ0v) is 9.05. The molecule has 0 spiro atoms. The lowest BCUT2D eigenvalue weighted by Crippen LogP contribution is -2.16. The van der Waals surface area contributed by atoms with Crippen LogP contribution < -0.4 is 16.3 Å². The number of nitrogens with zero attached hydrogens (tertiary/aromatic N) is 3. The topological polar surface area (TPSA) is 92.0 Å². The minimum Gasteiger partial charge on any atom is -0.485 e. The number of aromatic nitrogens is 3. The number of halogens is 1. The van der Waals surface area contributed by atoms with Gasteiger partial charge in [0.15, 0.2) is 5.82 Å². The maximum Gasteiger partial charge on any atom is 0.240 e. The van der Waals surface area contributed by atoms with Crippen LogP contribution in [0.5, 0.6) is 5.75 Å². The Kier molecular flexibility index (Phi) is 2.82. The molecule has 0 saturated heterocycles. The Labute approximate surface area is 96.7 Å². The highest BCUT2D eigenvalue weighted by Gasteiger charge is 2.06. The molecule has 16 heavy (non-hydrogen) atoms. The summed E-state index contributed by atoms with van der Waals surface area (Å²) in [6, 6.07) is 7.03. The van der Waals surface area contributed by atoms with Gasteiger partial charge < -0.3 is 16.3 Å². The number of hydrogen-bond acceptors (Lipinski definition) is 5. The van der Waals surface area contributed by atoms with Crippen molar-refractivity contribution in [2.75, 3.05) is 11.6 Å². The average Bonchev–Trinajstić information content (AvgIpc) is 2.57. The van der Waals surface area contributed by atoms with Gasteiger partial charge in [0.2, 0.25) is 5.95 Å². The molecule has 4 N–H and O–H groups in total. The van der Waals surface area contributed by atoms with E-state index in [-0.39, 0.29) is 12.6 Å². The molecule has 84 valence electrons. The lowest BCUT2D eigenvalue weighted by Gasteiger charge is -2.05. The Bertz CT molecular complexity index is 498. The first kappa shape index (κ1) is 10.6. The molecule has 2 rings (SSSR count). The quantitative estimate of drug-likeness (QED) is 0.774. The number of rotatable bonds is 3. The molecule has 6 nitrogen and oxygen atoms in total. The zero-order valence-electron chi connectivity index (χ0n) is 8.30. The zero-order chi connectivity index (χ0) is 11.5. The molecule has 0 unspecified atom stereocenters. The van der Waals surface area contributed by atoms with Crippen LogP contribution in [0.3, 0.4) is 0 Å². The molecule has 0 amide bonds. The molecule has 0 bridgehead atoms. The maximum atomic E-state index is 5.80. The van der Waals surface area contributed by atoms with Gasteiger partial charge in [-0.05, 0) is 18.2 Å². The summed E-state index contributed by atoms with van der Waals surface area (Å²) < 4.78 is 6.59. The fourth-order valence-electron chi connectivity index (χ4n) is 1.14. The van der Waals surface area contributed by atoms with Crippen LogP contribution in [-0.4, -0.2) is 14.9 Å². The Morgan fingerprint density at radius 2 is 2.19 bits per heavy atom. The van der Waals surface area contributed by atoms with Crippen LogP contribution in [0.4, 0.5) is 5.95 Å². The Balaban J connectivity index is 2.05. The SMILES string of the molecule is Nc1nnc(COc2cccc(Cl)c2)n1N. The van der Waals surface area contributed by atoms with Gasteiger partial charge in [0, 0.05) is 5.02 Å². The summed E-state index contributed by atoms with van der Waals surface area (Å²) in [7, 11) is 0. The van der Waals surface area contributed by atoms with E-state index in [0.717, 1.165) is 0 Å². The highest BCUT2D eigenvalue weighted by molar-refractivity contribution is 6.30. The van der Waals surface area contributed by atoms with Gasteiger partial charge in [-0.25, -0.2) is 4.68 Å². The van der Waals surface area contributed by atoms with E-state index < -0.39 is 0 Å². The molecule has 0 saturated carbocycles. The van der Waals surface area contributed by atoms with Crippen LogP contribution in [0.1, 0.15) is 5.82 Å². The second-order valence-corrected chi connectivity index (χ2v) is 3.53. The van der Waals surface area contributed by atoms with Crippen molar-refractivity contribution in [2.24, 2.45) is 0 Å². The van der Waals surface area contributed by atoms with E-state index in [1.54, 1.807) is 24.3 Å². The van der Waals surface area contributed by atoms with Gasteiger partial charge >= 0.3 is 0 Å². The summed E-state index contributed by atoms with van der Waals surface area (Å²) in [4.78, 5) is 0. The molecule has 0 aliphatic rings. The lowest BCUT2D eigenvalue weighted by atomic mass is 10.3. The highest BCUT2D eigenvalue weighted by atomic mass is 35.5. The van der Waals surface area contributed by atoms with Gasteiger partial charge in [-0.3, -0.25) is 0 Å². The second kappa shape index (κ2) is 4.28. The van der Waals surface area contributed by atoms with Crippen molar-refractivity contribution in [3.63, 3.8) is 0 Å². The van der Waals surface area contributed by atoms with Crippen molar-refractivity contribution in [3.05, 3.63) is 35.1 Å². The Morgan fingerprint density at radius 3 is 2.81 bits per heavy atom. The molecule has 1 aromatic carbocycles. The molecule has 2 aromatic rings. The molecular weight excluding hydrogens is 230 g/mol. The van der Waals surface area contributed by atoms with E-state index in [0.29, 0.717) is 16.6 Å². The van der Waals surface area contributed by atoms with Crippen LogP contribution in [-0.2, 0) is 6.61 Å². The molecule has 1 aromatic heterocycles. The van der Waals surface area contributed by atoms with Crippen molar-refractivity contribution in [2.45, 2.75) is 6.61 Å². The molecule has 1 heterocycles. The van der Waals surface area contributed by atoms with Gasteiger partial charge in [0.25, 0.3) is 0 Å². The molecular formula is C9H10ClN5O.